The van der Waals surface area contributed by atoms with E-state index in [0.29, 0.717) is 18.1 Å². The minimum Gasteiger partial charge on any atom is -0.320 e. The number of carbonyl (C=O) groups excluding carboxylic acids is 1. The van der Waals surface area contributed by atoms with Gasteiger partial charge in [-0.2, -0.15) is 11.8 Å². The first kappa shape index (κ1) is 16.3. The van der Waals surface area contributed by atoms with E-state index in [2.05, 4.69) is 0 Å². The molecule has 0 N–H and O–H groups in total. The zero-order chi connectivity index (χ0) is 15.6. The van der Waals surface area contributed by atoms with Gasteiger partial charge in [0.15, 0.2) is 9.84 Å². The molecule has 2 rings (SSSR count). The highest BCUT2D eigenvalue weighted by molar-refractivity contribution is 8.01. The summed E-state index contributed by atoms with van der Waals surface area (Å²) in [5, 5.41) is -0.867. The molecule has 1 aromatic rings. The summed E-state index contributed by atoms with van der Waals surface area (Å²) in [5.74, 6) is -0.183. The van der Waals surface area contributed by atoms with Gasteiger partial charge in [0.2, 0.25) is 0 Å². The molecule has 116 valence electrons. The van der Waals surface area contributed by atoms with Crippen molar-refractivity contribution in [1.82, 2.24) is 4.90 Å². The van der Waals surface area contributed by atoms with Crippen LogP contribution in [0.4, 0.5) is 4.39 Å². The monoisotopic (exact) mass is 331 g/mol. The van der Waals surface area contributed by atoms with Crippen LogP contribution in [0.5, 0.6) is 0 Å². The summed E-state index contributed by atoms with van der Waals surface area (Å²) in [5.41, 5.74) is 0.708. The van der Waals surface area contributed by atoms with Gasteiger partial charge in [-0.15, -0.1) is 0 Å². The second-order valence-corrected chi connectivity index (χ2v) is 8.56. The summed E-state index contributed by atoms with van der Waals surface area (Å²) in [6.07, 6.45) is 0. The lowest BCUT2D eigenvalue weighted by molar-refractivity contribution is 0.0744. The van der Waals surface area contributed by atoms with Gasteiger partial charge in [0.1, 0.15) is 11.2 Å². The summed E-state index contributed by atoms with van der Waals surface area (Å²) >= 11 is 1.50. The van der Waals surface area contributed by atoms with Crippen LogP contribution in [0.3, 0.4) is 0 Å². The molecule has 1 atom stereocenters. The number of benzene rings is 1. The molecule has 1 aliphatic heterocycles. The minimum atomic E-state index is -3.38. The number of sulfone groups is 1. The number of thioether (sulfide) groups is 1. The zero-order valence-electron chi connectivity index (χ0n) is 12.0. The molecular weight excluding hydrogens is 313 g/mol. The molecule has 0 radical (unpaired) electrons. The number of rotatable bonds is 3. The highest BCUT2D eigenvalue weighted by atomic mass is 32.2. The second kappa shape index (κ2) is 6.36. The van der Waals surface area contributed by atoms with Crippen LogP contribution in [0.15, 0.2) is 18.2 Å². The number of hydrogen-bond donors (Lipinski definition) is 0. The van der Waals surface area contributed by atoms with Gasteiger partial charge in [-0.1, -0.05) is 18.6 Å². The maximum absolute atomic E-state index is 13.9. The lowest BCUT2D eigenvalue weighted by Crippen LogP contribution is -2.50. The smallest absolute Gasteiger partial charge is 0.257 e. The van der Waals surface area contributed by atoms with Gasteiger partial charge in [0.25, 0.3) is 5.91 Å². The molecule has 1 saturated heterocycles. The van der Waals surface area contributed by atoms with Crippen molar-refractivity contribution >= 4 is 27.5 Å². The molecule has 1 aliphatic rings. The van der Waals surface area contributed by atoms with Gasteiger partial charge in [-0.3, -0.25) is 4.79 Å². The van der Waals surface area contributed by atoms with E-state index in [4.69, 9.17) is 0 Å². The fourth-order valence-electron chi connectivity index (χ4n) is 2.26. The highest BCUT2D eigenvalue weighted by Crippen LogP contribution is 2.24. The van der Waals surface area contributed by atoms with Crippen molar-refractivity contribution < 1.29 is 17.6 Å². The SMILES string of the molecule is CCS(=O)(=O)C1CSCCN1C(=O)c1cc(C)ccc1F. The quantitative estimate of drug-likeness (QED) is 0.851. The normalized spacial score (nSPS) is 19.6. The Kier molecular flexibility index (Phi) is 4.93. The van der Waals surface area contributed by atoms with E-state index >= 15 is 0 Å². The van der Waals surface area contributed by atoms with E-state index in [0.717, 1.165) is 5.56 Å². The van der Waals surface area contributed by atoms with Crippen LogP contribution in [-0.2, 0) is 9.84 Å². The molecule has 1 aromatic carbocycles. The number of carbonyl (C=O) groups is 1. The fraction of sp³-hybridized carbons (Fsp3) is 0.500. The van der Waals surface area contributed by atoms with Gasteiger partial charge in [-0.25, -0.2) is 12.8 Å². The van der Waals surface area contributed by atoms with Crippen molar-refractivity contribution in [2.75, 3.05) is 23.8 Å². The molecule has 1 fully saturated rings. The Bertz CT molecular complexity index is 646. The fourth-order valence-corrected chi connectivity index (χ4v) is 5.23. The van der Waals surface area contributed by atoms with Crippen molar-refractivity contribution in [3.8, 4) is 0 Å². The first-order valence-electron chi connectivity index (χ1n) is 6.73. The molecule has 4 nitrogen and oxygen atoms in total. The maximum Gasteiger partial charge on any atom is 0.257 e. The average molecular weight is 331 g/mol. The first-order chi connectivity index (χ1) is 9.86. The lowest BCUT2D eigenvalue weighted by Gasteiger charge is -2.34. The van der Waals surface area contributed by atoms with Gasteiger partial charge in [0.05, 0.1) is 5.56 Å². The Labute approximate surface area is 128 Å². The Morgan fingerprint density at radius 3 is 2.86 bits per heavy atom. The van der Waals surface area contributed by atoms with Crippen molar-refractivity contribution in [1.29, 1.82) is 0 Å². The van der Waals surface area contributed by atoms with Crippen LogP contribution in [0.2, 0.25) is 0 Å². The summed E-state index contributed by atoms with van der Waals surface area (Å²) in [6.45, 7) is 3.65. The maximum atomic E-state index is 13.9. The molecular formula is C14H18FNO3S2. The van der Waals surface area contributed by atoms with Gasteiger partial charge >= 0.3 is 0 Å². The Morgan fingerprint density at radius 1 is 1.48 bits per heavy atom. The van der Waals surface area contributed by atoms with Crippen molar-refractivity contribution in [2.45, 2.75) is 19.2 Å². The topological polar surface area (TPSA) is 54.5 Å². The minimum absolute atomic E-state index is 0.0295. The van der Waals surface area contributed by atoms with Crippen LogP contribution >= 0.6 is 11.8 Å². The number of nitrogens with zero attached hydrogens (tertiary/aromatic N) is 1. The summed E-state index contributed by atoms with van der Waals surface area (Å²) in [7, 11) is -3.38. The highest BCUT2D eigenvalue weighted by Gasteiger charge is 2.36. The Hall–Kier alpha value is -1.08. The summed E-state index contributed by atoms with van der Waals surface area (Å²) < 4.78 is 38.2. The van der Waals surface area contributed by atoms with Crippen molar-refractivity contribution in [2.24, 2.45) is 0 Å². The summed E-state index contributed by atoms with van der Waals surface area (Å²) in [6, 6.07) is 4.29. The molecule has 21 heavy (non-hydrogen) atoms. The van der Waals surface area contributed by atoms with E-state index in [1.807, 2.05) is 0 Å². The molecule has 7 heteroatoms. The number of hydrogen-bond acceptors (Lipinski definition) is 4. The lowest BCUT2D eigenvalue weighted by atomic mass is 10.1. The molecule has 1 unspecified atom stereocenters. The van der Waals surface area contributed by atoms with E-state index in [1.165, 1.54) is 28.8 Å². The molecule has 0 bridgehead atoms. The largest absolute Gasteiger partial charge is 0.320 e. The summed E-state index contributed by atoms with van der Waals surface area (Å²) in [4.78, 5) is 13.9. The van der Waals surface area contributed by atoms with Crippen LogP contribution in [0.25, 0.3) is 0 Å². The molecule has 0 aliphatic carbocycles. The zero-order valence-corrected chi connectivity index (χ0v) is 13.6. The molecule has 0 spiro atoms. The van der Waals surface area contributed by atoms with Crippen molar-refractivity contribution in [3.05, 3.63) is 35.1 Å². The van der Waals surface area contributed by atoms with E-state index in [1.54, 1.807) is 19.9 Å². The Morgan fingerprint density at radius 2 is 2.19 bits per heavy atom. The van der Waals surface area contributed by atoms with Gasteiger partial charge < -0.3 is 4.90 Å². The first-order valence-corrected chi connectivity index (χ1v) is 9.60. The number of aryl methyl sites for hydroxylation is 1. The molecule has 0 aromatic heterocycles. The molecule has 1 heterocycles. The van der Waals surface area contributed by atoms with E-state index in [9.17, 15) is 17.6 Å². The Balaban J connectivity index is 2.37. The average Bonchev–Trinajstić information content (AvgIpc) is 2.49. The van der Waals surface area contributed by atoms with Gasteiger partial charge in [-0.05, 0) is 19.1 Å². The predicted molar refractivity (Wildman–Crippen MR) is 82.7 cm³/mol. The predicted octanol–water partition coefficient (Wildman–Crippen LogP) is 2.08. The molecule has 0 saturated carbocycles. The standard InChI is InChI=1S/C14H18FNO3S2/c1-3-21(18,19)13-9-20-7-6-16(13)14(17)11-8-10(2)4-5-12(11)15/h4-5,8,13H,3,6-7,9H2,1-2H3. The van der Waals surface area contributed by atoms with Crippen LogP contribution in [0, 0.1) is 12.7 Å². The second-order valence-electron chi connectivity index (χ2n) is 4.96. The van der Waals surface area contributed by atoms with Crippen LogP contribution in [0.1, 0.15) is 22.8 Å². The third-order valence-corrected chi connectivity index (χ3v) is 6.80. The number of amides is 1. The molecule has 1 amide bonds. The van der Waals surface area contributed by atoms with E-state index in [-0.39, 0.29) is 11.3 Å². The van der Waals surface area contributed by atoms with E-state index < -0.39 is 26.9 Å². The van der Waals surface area contributed by atoms with Crippen LogP contribution < -0.4 is 0 Å². The third-order valence-electron chi connectivity index (χ3n) is 3.51. The van der Waals surface area contributed by atoms with Crippen LogP contribution in [-0.4, -0.2) is 48.4 Å². The number of halogens is 1. The van der Waals surface area contributed by atoms with Crippen molar-refractivity contribution in [3.63, 3.8) is 0 Å². The van der Waals surface area contributed by atoms with Gasteiger partial charge in [0, 0.05) is 23.8 Å². The third kappa shape index (κ3) is 3.40.